The molecular formula is C13H20N2O3S2. The lowest BCUT2D eigenvalue weighted by molar-refractivity contribution is 0.181. The SMILES string of the molecule is COCc1nc(C2CCS(=O)(=O)C2)sc1CNC1CC1. The van der Waals surface area contributed by atoms with Gasteiger partial charge in [0.2, 0.25) is 0 Å². The fourth-order valence-corrected chi connectivity index (χ4v) is 5.49. The number of rotatable bonds is 6. The minimum absolute atomic E-state index is 0.0790. The Morgan fingerprint density at radius 1 is 1.40 bits per heavy atom. The predicted octanol–water partition coefficient (Wildman–Crippen LogP) is 1.44. The molecule has 1 N–H and O–H groups in total. The molecule has 1 aliphatic heterocycles. The highest BCUT2D eigenvalue weighted by Gasteiger charge is 2.32. The van der Waals surface area contributed by atoms with Crippen LogP contribution in [0.5, 0.6) is 0 Å². The van der Waals surface area contributed by atoms with E-state index in [2.05, 4.69) is 10.3 Å². The van der Waals surface area contributed by atoms with Gasteiger partial charge in [0.05, 0.1) is 28.8 Å². The fraction of sp³-hybridized carbons (Fsp3) is 0.769. The zero-order valence-corrected chi connectivity index (χ0v) is 13.2. The summed E-state index contributed by atoms with van der Waals surface area (Å²) in [5.41, 5.74) is 0.963. The quantitative estimate of drug-likeness (QED) is 0.860. The lowest BCUT2D eigenvalue weighted by Crippen LogP contribution is -2.15. The molecular weight excluding hydrogens is 296 g/mol. The van der Waals surface area contributed by atoms with Crippen LogP contribution in [0.1, 0.15) is 40.8 Å². The van der Waals surface area contributed by atoms with E-state index in [0.717, 1.165) is 17.2 Å². The summed E-state index contributed by atoms with van der Waals surface area (Å²) in [5, 5.41) is 4.45. The van der Waals surface area contributed by atoms with Crippen LogP contribution >= 0.6 is 11.3 Å². The smallest absolute Gasteiger partial charge is 0.151 e. The van der Waals surface area contributed by atoms with Crippen molar-refractivity contribution in [3.63, 3.8) is 0 Å². The standard InChI is InChI=1S/C13H20N2O3S2/c1-18-7-11-12(6-14-10-2-3-10)19-13(15-11)9-4-5-20(16,17)8-9/h9-10,14H,2-8H2,1H3. The van der Waals surface area contributed by atoms with Gasteiger partial charge < -0.3 is 10.1 Å². The number of thiazole rings is 1. The van der Waals surface area contributed by atoms with Gasteiger partial charge in [-0.2, -0.15) is 0 Å². The molecule has 1 unspecified atom stereocenters. The Labute approximate surface area is 123 Å². The van der Waals surface area contributed by atoms with Gasteiger partial charge in [0.25, 0.3) is 0 Å². The van der Waals surface area contributed by atoms with Crippen molar-refractivity contribution in [1.82, 2.24) is 10.3 Å². The lowest BCUT2D eigenvalue weighted by atomic mass is 10.1. The molecule has 7 heteroatoms. The van der Waals surface area contributed by atoms with Gasteiger partial charge in [0.1, 0.15) is 0 Å². The van der Waals surface area contributed by atoms with E-state index in [4.69, 9.17) is 4.74 Å². The Hall–Kier alpha value is -0.500. The highest BCUT2D eigenvalue weighted by molar-refractivity contribution is 7.91. The Morgan fingerprint density at radius 2 is 2.20 bits per heavy atom. The third kappa shape index (κ3) is 3.39. The number of ether oxygens (including phenoxy) is 1. The van der Waals surface area contributed by atoms with Crippen molar-refractivity contribution in [3.05, 3.63) is 15.6 Å². The van der Waals surface area contributed by atoms with Crippen LogP contribution in [0.3, 0.4) is 0 Å². The number of nitrogens with one attached hydrogen (secondary N) is 1. The summed E-state index contributed by atoms with van der Waals surface area (Å²) in [7, 11) is -1.19. The van der Waals surface area contributed by atoms with E-state index in [-0.39, 0.29) is 11.7 Å². The molecule has 2 aliphatic rings. The van der Waals surface area contributed by atoms with Crippen LogP contribution in [-0.4, -0.2) is 38.1 Å². The first kappa shape index (κ1) is 14.4. The summed E-state index contributed by atoms with van der Waals surface area (Å²) in [4.78, 5) is 5.83. The molecule has 1 aromatic heterocycles. The van der Waals surface area contributed by atoms with E-state index >= 15 is 0 Å². The van der Waals surface area contributed by atoms with Crippen LogP contribution in [0.15, 0.2) is 0 Å². The molecule has 1 saturated carbocycles. The monoisotopic (exact) mass is 316 g/mol. The lowest BCUT2D eigenvalue weighted by Gasteiger charge is -2.02. The number of hydrogen-bond donors (Lipinski definition) is 1. The van der Waals surface area contributed by atoms with Crippen molar-refractivity contribution < 1.29 is 13.2 Å². The third-order valence-corrected chi connectivity index (χ3v) is 6.81. The molecule has 20 heavy (non-hydrogen) atoms. The minimum Gasteiger partial charge on any atom is -0.378 e. The first-order valence-electron chi connectivity index (χ1n) is 6.98. The van der Waals surface area contributed by atoms with Gasteiger partial charge in [-0.25, -0.2) is 13.4 Å². The molecule has 0 bridgehead atoms. The van der Waals surface area contributed by atoms with Gasteiger partial charge in [-0.1, -0.05) is 0 Å². The number of sulfone groups is 1. The van der Waals surface area contributed by atoms with Crippen LogP contribution in [0.4, 0.5) is 0 Å². The Morgan fingerprint density at radius 3 is 2.80 bits per heavy atom. The van der Waals surface area contributed by atoms with E-state index < -0.39 is 9.84 Å². The number of hydrogen-bond acceptors (Lipinski definition) is 6. The van der Waals surface area contributed by atoms with Gasteiger partial charge in [0, 0.05) is 30.5 Å². The number of aromatic nitrogens is 1. The summed E-state index contributed by atoms with van der Waals surface area (Å²) in [5.74, 6) is 0.630. The van der Waals surface area contributed by atoms with Crippen LogP contribution in [0, 0.1) is 0 Å². The average molecular weight is 316 g/mol. The first-order valence-corrected chi connectivity index (χ1v) is 9.62. The second-order valence-electron chi connectivity index (χ2n) is 5.61. The fourth-order valence-electron chi connectivity index (χ4n) is 2.48. The van der Waals surface area contributed by atoms with Gasteiger partial charge in [-0.05, 0) is 19.3 Å². The molecule has 0 aromatic carbocycles. The molecule has 112 valence electrons. The normalized spacial score (nSPS) is 25.1. The molecule has 0 amide bonds. The molecule has 2 heterocycles. The van der Waals surface area contributed by atoms with Gasteiger partial charge in [-0.15, -0.1) is 11.3 Å². The van der Waals surface area contributed by atoms with Crippen molar-refractivity contribution in [2.75, 3.05) is 18.6 Å². The molecule has 3 rings (SSSR count). The summed E-state index contributed by atoms with van der Waals surface area (Å²) >= 11 is 1.65. The molecule has 1 aliphatic carbocycles. The van der Waals surface area contributed by atoms with E-state index in [1.54, 1.807) is 18.4 Å². The van der Waals surface area contributed by atoms with E-state index in [0.29, 0.717) is 24.8 Å². The molecule has 2 fully saturated rings. The molecule has 1 atom stereocenters. The maximum atomic E-state index is 11.6. The third-order valence-electron chi connectivity index (χ3n) is 3.79. The van der Waals surface area contributed by atoms with Crippen LogP contribution in [0.2, 0.25) is 0 Å². The van der Waals surface area contributed by atoms with Gasteiger partial charge in [-0.3, -0.25) is 0 Å². The van der Waals surface area contributed by atoms with Crippen molar-refractivity contribution >= 4 is 21.2 Å². The van der Waals surface area contributed by atoms with Crippen LogP contribution in [-0.2, 0) is 27.7 Å². The average Bonchev–Trinajstić information content (AvgIpc) is 3.04. The van der Waals surface area contributed by atoms with E-state index in [1.807, 2.05) is 0 Å². The van der Waals surface area contributed by atoms with Gasteiger partial charge in [0.15, 0.2) is 9.84 Å². The summed E-state index contributed by atoms with van der Waals surface area (Å²) < 4.78 is 28.4. The maximum Gasteiger partial charge on any atom is 0.151 e. The highest BCUT2D eigenvalue weighted by Crippen LogP contribution is 2.33. The van der Waals surface area contributed by atoms with Crippen LogP contribution in [0.25, 0.3) is 0 Å². The Kier molecular flexibility index (Phi) is 4.12. The second-order valence-corrected chi connectivity index (χ2v) is 8.95. The van der Waals surface area contributed by atoms with Crippen LogP contribution < -0.4 is 5.32 Å². The largest absolute Gasteiger partial charge is 0.378 e. The topological polar surface area (TPSA) is 68.3 Å². The zero-order valence-electron chi connectivity index (χ0n) is 11.6. The molecule has 1 aromatic rings. The van der Waals surface area contributed by atoms with E-state index in [1.165, 1.54) is 17.7 Å². The summed E-state index contributed by atoms with van der Waals surface area (Å²) in [6, 6.07) is 0.655. The molecule has 0 radical (unpaired) electrons. The molecule has 5 nitrogen and oxygen atoms in total. The zero-order chi connectivity index (χ0) is 14.2. The summed E-state index contributed by atoms with van der Waals surface area (Å²) in [6.07, 6.45) is 3.22. The molecule has 1 saturated heterocycles. The van der Waals surface area contributed by atoms with Crippen molar-refractivity contribution in [3.8, 4) is 0 Å². The summed E-state index contributed by atoms with van der Waals surface area (Å²) in [6.45, 7) is 1.32. The minimum atomic E-state index is -2.86. The number of nitrogens with zero attached hydrogens (tertiary/aromatic N) is 1. The Bertz CT molecular complexity index is 578. The predicted molar refractivity (Wildman–Crippen MR) is 78.7 cm³/mol. The highest BCUT2D eigenvalue weighted by atomic mass is 32.2. The Balaban J connectivity index is 1.75. The van der Waals surface area contributed by atoms with Crippen molar-refractivity contribution in [2.24, 2.45) is 0 Å². The van der Waals surface area contributed by atoms with Gasteiger partial charge >= 0.3 is 0 Å². The number of methoxy groups -OCH3 is 1. The van der Waals surface area contributed by atoms with Crippen molar-refractivity contribution in [2.45, 2.75) is 44.4 Å². The first-order chi connectivity index (χ1) is 9.57. The second kappa shape index (κ2) is 5.71. The maximum absolute atomic E-state index is 11.6. The van der Waals surface area contributed by atoms with E-state index in [9.17, 15) is 8.42 Å². The molecule has 0 spiro atoms. The van der Waals surface area contributed by atoms with Crippen molar-refractivity contribution in [1.29, 1.82) is 0 Å².